The maximum absolute atomic E-state index is 12.3. The van der Waals surface area contributed by atoms with Crippen LogP contribution >= 0.6 is 0 Å². The van der Waals surface area contributed by atoms with E-state index in [1.165, 1.54) is 12.1 Å². The summed E-state index contributed by atoms with van der Waals surface area (Å²) in [5.41, 5.74) is 0.209. The van der Waals surface area contributed by atoms with E-state index in [0.717, 1.165) is 51.4 Å². The molecular weight excluding hydrogens is 842 g/mol. The largest absolute Gasteiger partial charge is 0.494 e. The molecule has 5 amide bonds. The summed E-state index contributed by atoms with van der Waals surface area (Å²) < 4.78 is 26.8. The van der Waals surface area contributed by atoms with Crippen molar-refractivity contribution in [2.24, 2.45) is 0 Å². The minimum Gasteiger partial charge on any atom is -0.494 e. The Hall–Kier alpha value is -5.38. The van der Waals surface area contributed by atoms with Crippen LogP contribution in [0.4, 0.5) is 0 Å². The van der Waals surface area contributed by atoms with Gasteiger partial charge in [0.2, 0.25) is 29.5 Å². The number of hydrogen-bond acceptors (Lipinski definition) is 13. The van der Waals surface area contributed by atoms with Crippen LogP contribution in [-0.2, 0) is 52.5 Å². The lowest BCUT2D eigenvalue weighted by Gasteiger charge is -2.14. The van der Waals surface area contributed by atoms with E-state index in [1.807, 2.05) is 6.92 Å². The van der Waals surface area contributed by atoms with Gasteiger partial charge < -0.3 is 65.6 Å². The second kappa shape index (κ2) is 37.0. The summed E-state index contributed by atoms with van der Waals surface area (Å²) in [6.07, 6.45) is 7.94. The second-order valence-corrected chi connectivity index (χ2v) is 14.6. The number of aliphatic carboxylic acids is 2. The second-order valence-electron chi connectivity index (χ2n) is 14.6. The van der Waals surface area contributed by atoms with E-state index in [-0.39, 0.29) is 127 Å². The number of carbonyl (C=O) groups is 8. The Morgan fingerprint density at radius 1 is 0.484 bits per heavy atom. The number of unbranched alkanes of at least 4 members (excludes halogenated alkanes) is 7. The summed E-state index contributed by atoms with van der Waals surface area (Å²) in [4.78, 5) is 94.3. The van der Waals surface area contributed by atoms with E-state index < -0.39 is 35.9 Å². The monoisotopic (exact) mass is 911 g/mol. The van der Waals surface area contributed by atoms with Crippen LogP contribution in [0.5, 0.6) is 5.75 Å². The van der Waals surface area contributed by atoms with Crippen molar-refractivity contribution in [2.75, 3.05) is 79.1 Å². The molecule has 0 spiro atoms. The average Bonchev–Trinajstić information content (AvgIpc) is 3.26. The number of carbonyl (C=O) groups excluding carboxylic acids is 5. The number of aromatic carboxylic acids is 1. The molecule has 0 saturated carbocycles. The topological polar surface area (TPSA) is 304 Å². The van der Waals surface area contributed by atoms with Gasteiger partial charge in [-0.2, -0.15) is 0 Å². The number of ether oxygens (including phenoxy) is 5. The fraction of sp³-hybridized carbons (Fsp3) is 0.674. The van der Waals surface area contributed by atoms with Crippen LogP contribution in [0.25, 0.3) is 0 Å². The molecule has 0 heterocycles. The maximum atomic E-state index is 12.3. The number of benzene rings is 1. The van der Waals surface area contributed by atoms with Gasteiger partial charge in [-0.25, -0.2) is 14.4 Å². The zero-order valence-corrected chi connectivity index (χ0v) is 37.0. The molecule has 21 heteroatoms. The molecule has 8 N–H and O–H groups in total. The van der Waals surface area contributed by atoms with Gasteiger partial charge >= 0.3 is 17.9 Å². The molecule has 0 saturated heterocycles. The van der Waals surface area contributed by atoms with Gasteiger partial charge in [0.25, 0.3) is 0 Å². The smallest absolute Gasteiger partial charge is 0.335 e. The molecule has 0 aliphatic rings. The van der Waals surface area contributed by atoms with E-state index >= 15 is 0 Å². The Kier molecular flexibility index (Phi) is 32.8. The highest BCUT2D eigenvalue weighted by molar-refractivity contribution is 5.88. The third-order valence-corrected chi connectivity index (χ3v) is 9.20. The lowest BCUT2D eigenvalue weighted by Crippen LogP contribution is -2.43. The van der Waals surface area contributed by atoms with Crippen LogP contribution in [0.3, 0.4) is 0 Å². The molecule has 0 bridgehead atoms. The van der Waals surface area contributed by atoms with Crippen molar-refractivity contribution in [1.29, 1.82) is 0 Å². The standard InChI is InChI=1S/C43H69N5O16/c1-2-3-20-44-36(49)18-17-35(43(58)59)48-40(53)31-63-29-27-61-25-22-46-39(52)30-62-28-26-60-24-21-45-37(50)19-16-34(42(56)57)47-38(51)11-9-7-5-4-6-8-10-23-64-33-14-12-32(13-15-33)41(54)55/h12-15,34-35H,2-11,16-31H2,1H3,(H,44,49)(H,45,50)(H,46,52)(H,47,51)(H,48,53)(H,54,55)(H,56,57)(H,58,59). The fourth-order valence-electron chi connectivity index (χ4n) is 5.65. The van der Waals surface area contributed by atoms with Crippen LogP contribution in [-0.4, -0.2) is 154 Å². The predicted molar refractivity (Wildman–Crippen MR) is 231 cm³/mol. The van der Waals surface area contributed by atoms with Gasteiger partial charge in [-0.15, -0.1) is 0 Å². The van der Waals surface area contributed by atoms with Crippen molar-refractivity contribution in [3.05, 3.63) is 29.8 Å². The van der Waals surface area contributed by atoms with Crippen molar-refractivity contribution >= 4 is 47.4 Å². The van der Waals surface area contributed by atoms with Gasteiger partial charge in [0.05, 0.1) is 51.8 Å². The highest BCUT2D eigenvalue weighted by atomic mass is 16.5. The van der Waals surface area contributed by atoms with Crippen LogP contribution in [0.15, 0.2) is 24.3 Å². The Labute approximate surface area is 374 Å². The first-order valence-electron chi connectivity index (χ1n) is 21.9. The van der Waals surface area contributed by atoms with Crippen molar-refractivity contribution in [1.82, 2.24) is 26.6 Å². The van der Waals surface area contributed by atoms with Gasteiger partial charge in [0, 0.05) is 38.9 Å². The molecule has 0 aliphatic carbocycles. The van der Waals surface area contributed by atoms with E-state index in [1.54, 1.807) is 12.1 Å². The molecule has 64 heavy (non-hydrogen) atoms. The molecular formula is C43H69N5O16. The average molecular weight is 912 g/mol. The maximum Gasteiger partial charge on any atom is 0.335 e. The SMILES string of the molecule is CCCCNC(=O)CCC(NC(=O)COCCOCCNC(=O)COCCOCCNC(=O)CCC(NC(=O)CCCCCCCCCOc1ccc(C(=O)O)cc1)C(=O)O)C(=O)O. The molecule has 2 unspecified atom stereocenters. The zero-order chi connectivity index (χ0) is 47.2. The molecule has 21 nitrogen and oxygen atoms in total. The number of nitrogens with one attached hydrogen (secondary N) is 5. The summed E-state index contributed by atoms with van der Waals surface area (Å²) in [5.74, 6) is -4.88. The van der Waals surface area contributed by atoms with Crippen molar-refractivity contribution in [3.8, 4) is 5.75 Å². The van der Waals surface area contributed by atoms with Crippen LogP contribution < -0.4 is 31.3 Å². The lowest BCUT2D eigenvalue weighted by atomic mass is 10.1. The highest BCUT2D eigenvalue weighted by Gasteiger charge is 2.22. The summed E-state index contributed by atoms with van der Waals surface area (Å²) in [6.45, 7) is 3.61. The molecule has 0 aromatic heterocycles. The van der Waals surface area contributed by atoms with Gasteiger partial charge in [-0.3, -0.25) is 24.0 Å². The number of amides is 5. The molecule has 1 rings (SSSR count). The first kappa shape index (κ1) is 56.6. The van der Waals surface area contributed by atoms with Gasteiger partial charge in [0.1, 0.15) is 31.0 Å². The summed E-state index contributed by atoms with van der Waals surface area (Å²) >= 11 is 0. The van der Waals surface area contributed by atoms with Gasteiger partial charge in [-0.05, 0) is 56.4 Å². The number of hydrogen-bond donors (Lipinski definition) is 8. The van der Waals surface area contributed by atoms with E-state index in [0.29, 0.717) is 25.3 Å². The zero-order valence-electron chi connectivity index (χ0n) is 37.0. The van der Waals surface area contributed by atoms with Crippen molar-refractivity contribution in [3.63, 3.8) is 0 Å². The first-order valence-corrected chi connectivity index (χ1v) is 21.9. The summed E-state index contributed by atoms with van der Waals surface area (Å²) in [6, 6.07) is 3.87. The van der Waals surface area contributed by atoms with E-state index in [2.05, 4.69) is 26.6 Å². The molecule has 2 atom stereocenters. The Morgan fingerprint density at radius 3 is 1.48 bits per heavy atom. The molecule has 0 radical (unpaired) electrons. The van der Waals surface area contributed by atoms with Crippen LogP contribution in [0.1, 0.15) is 107 Å². The normalized spacial score (nSPS) is 11.8. The lowest BCUT2D eigenvalue weighted by molar-refractivity contribution is -0.143. The Balaban J connectivity index is 1.98. The van der Waals surface area contributed by atoms with Gasteiger partial charge in [-0.1, -0.05) is 45.4 Å². The number of carboxylic acids is 3. The van der Waals surface area contributed by atoms with Crippen LogP contribution in [0, 0.1) is 0 Å². The number of carboxylic acid groups (broad SMARTS) is 3. The molecule has 1 aromatic rings. The first-order chi connectivity index (χ1) is 30.8. The van der Waals surface area contributed by atoms with E-state index in [9.17, 15) is 48.6 Å². The Bertz CT molecular complexity index is 1530. The van der Waals surface area contributed by atoms with Crippen LogP contribution in [0.2, 0.25) is 0 Å². The molecule has 0 aliphatic heterocycles. The minimum atomic E-state index is -1.25. The summed E-state index contributed by atoms with van der Waals surface area (Å²) in [5, 5.41) is 40.5. The number of rotatable bonds is 41. The third kappa shape index (κ3) is 31.5. The van der Waals surface area contributed by atoms with Crippen molar-refractivity contribution < 1.29 is 77.4 Å². The minimum absolute atomic E-state index is 0.0342. The molecule has 0 fully saturated rings. The van der Waals surface area contributed by atoms with E-state index in [4.69, 9.17) is 28.8 Å². The highest BCUT2D eigenvalue weighted by Crippen LogP contribution is 2.14. The van der Waals surface area contributed by atoms with Crippen molar-refractivity contribution in [2.45, 2.75) is 109 Å². The predicted octanol–water partition coefficient (Wildman–Crippen LogP) is 1.80. The van der Waals surface area contributed by atoms with Gasteiger partial charge in [0.15, 0.2) is 0 Å². The quantitative estimate of drug-likeness (QED) is 0.0435. The third-order valence-electron chi connectivity index (χ3n) is 9.20. The Morgan fingerprint density at radius 2 is 0.953 bits per heavy atom. The molecule has 1 aromatic carbocycles. The summed E-state index contributed by atoms with van der Waals surface area (Å²) in [7, 11) is 0. The fourth-order valence-corrected chi connectivity index (χ4v) is 5.65. The molecule has 362 valence electrons.